The Kier molecular flexibility index (Phi) is 4.61. The van der Waals surface area contributed by atoms with Gasteiger partial charge in [-0.25, -0.2) is 0 Å². The first-order chi connectivity index (χ1) is 8.70. The normalized spacial score (nSPS) is 10.3. The summed E-state index contributed by atoms with van der Waals surface area (Å²) in [7, 11) is 0. The summed E-state index contributed by atoms with van der Waals surface area (Å²) in [5, 5.41) is 0. The van der Waals surface area contributed by atoms with Crippen LogP contribution in [0.15, 0.2) is 51.8 Å². The van der Waals surface area contributed by atoms with Crippen molar-refractivity contribution in [2.24, 2.45) is 0 Å². The van der Waals surface area contributed by atoms with E-state index in [0.29, 0.717) is 5.56 Å². The first-order valence-electron chi connectivity index (χ1n) is 5.63. The Bertz CT molecular complexity index is 566. The van der Waals surface area contributed by atoms with Gasteiger partial charge in [0, 0.05) is 20.7 Å². The van der Waals surface area contributed by atoms with Gasteiger partial charge in [-0.3, -0.25) is 4.79 Å². The summed E-state index contributed by atoms with van der Waals surface area (Å²) in [6, 6.07) is 14.1. The molecule has 0 amide bonds. The van der Waals surface area contributed by atoms with E-state index in [0.717, 1.165) is 21.4 Å². The molecule has 2 rings (SSSR count). The molecule has 3 heteroatoms. The number of thioether (sulfide) groups is 1. The highest BCUT2D eigenvalue weighted by Crippen LogP contribution is 2.31. The molecular weight excluding hydrogens is 308 g/mol. The molecule has 0 saturated heterocycles. The van der Waals surface area contributed by atoms with Gasteiger partial charge >= 0.3 is 0 Å². The lowest BCUT2D eigenvalue weighted by atomic mass is 10.1. The van der Waals surface area contributed by atoms with E-state index < -0.39 is 0 Å². The van der Waals surface area contributed by atoms with Gasteiger partial charge in [-0.1, -0.05) is 30.3 Å². The number of hydrogen-bond donors (Lipinski definition) is 0. The molecule has 0 N–H and O–H groups in total. The largest absolute Gasteiger partial charge is 0.298 e. The number of aryl methyl sites for hydroxylation is 1. The molecule has 0 aromatic heterocycles. The van der Waals surface area contributed by atoms with Gasteiger partial charge in [-0.05, 0) is 46.1 Å². The van der Waals surface area contributed by atoms with Crippen LogP contribution in [0.25, 0.3) is 0 Å². The number of rotatable bonds is 4. The average Bonchev–Trinajstić information content (AvgIpc) is 2.39. The van der Waals surface area contributed by atoms with Gasteiger partial charge in [-0.2, -0.15) is 0 Å². The van der Waals surface area contributed by atoms with Crippen LogP contribution in [0.3, 0.4) is 0 Å². The van der Waals surface area contributed by atoms with E-state index in [1.807, 2.05) is 18.2 Å². The summed E-state index contributed by atoms with van der Waals surface area (Å²) in [4.78, 5) is 11.8. The summed E-state index contributed by atoms with van der Waals surface area (Å²) in [5.74, 6) is 0.936. The van der Waals surface area contributed by atoms with E-state index >= 15 is 0 Å². The molecule has 0 radical (unpaired) electrons. The molecule has 0 saturated carbocycles. The first kappa shape index (κ1) is 13.4. The Hall–Kier alpha value is -1.06. The molecule has 18 heavy (non-hydrogen) atoms. The van der Waals surface area contributed by atoms with Crippen LogP contribution >= 0.6 is 27.7 Å². The number of hydrogen-bond acceptors (Lipinski definition) is 2. The Morgan fingerprint density at radius 2 is 2.00 bits per heavy atom. The minimum absolute atomic E-state index is 0.696. The lowest BCUT2D eigenvalue weighted by molar-refractivity contribution is 0.112. The molecule has 0 aliphatic rings. The van der Waals surface area contributed by atoms with Gasteiger partial charge in [0.25, 0.3) is 0 Å². The highest BCUT2D eigenvalue weighted by molar-refractivity contribution is 9.10. The Morgan fingerprint density at radius 3 is 2.67 bits per heavy atom. The first-order valence-corrected chi connectivity index (χ1v) is 7.40. The number of aldehydes is 1. The highest BCUT2D eigenvalue weighted by atomic mass is 79.9. The molecule has 1 nitrogen and oxygen atoms in total. The van der Waals surface area contributed by atoms with E-state index in [4.69, 9.17) is 0 Å². The molecule has 0 aliphatic carbocycles. The van der Waals surface area contributed by atoms with Crippen LogP contribution in [0.5, 0.6) is 0 Å². The van der Waals surface area contributed by atoms with Crippen molar-refractivity contribution in [1.29, 1.82) is 0 Å². The van der Waals surface area contributed by atoms with Crippen molar-refractivity contribution in [2.45, 2.75) is 17.6 Å². The van der Waals surface area contributed by atoms with E-state index in [2.05, 4.69) is 47.1 Å². The second kappa shape index (κ2) is 6.21. The highest BCUT2D eigenvalue weighted by Gasteiger charge is 2.04. The number of benzene rings is 2. The quantitative estimate of drug-likeness (QED) is 0.591. The zero-order valence-electron chi connectivity index (χ0n) is 10.0. The predicted molar refractivity (Wildman–Crippen MR) is 80.3 cm³/mol. The predicted octanol–water partition coefficient (Wildman–Crippen LogP) is 4.86. The molecule has 0 aliphatic heterocycles. The molecule has 2 aromatic carbocycles. The molecule has 0 heterocycles. The third kappa shape index (κ3) is 3.24. The average molecular weight is 321 g/mol. The topological polar surface area (TPSA) is 17.1 Å². The Balaban J connectivity index is 2.11. The summed E-state index contributed by atoms with van der Waals surface area (Å²) in [6.07, 6.45) is 0.862. The standard InChI is InChI=1S/C15H13BrOS/c1-11-4-2-3-5-13(11)10-18-15-7-6-12(9-17)8-14(15)16/h2-9H,10H2,1H3. The maximum absolute atomic E-state index is 10.7. The van der Waals surface area contributed by atoms with E-state index in [1.54, 1.807) is 11.8 Å². The van der Waals surface area contributed by atoms with Gasteiger partial charge in [0.2, 0.25) is 0 Å². The minimum Gasteiger partial charge on any atom is -0.298 e. The molecule has 0 bridgehead atoms. The summed E-state index contributed by atoms with van der Waals surface area (Å²) >= 11 is 5.27. The second-order valence-corrected chi connectivity index (χ2v) is 5.89. The zero-order chi connectivity index (χ0) is 13.0. The fourth-order valence-electron chi connectivity index (χ4n) is 1.63. The molecule has 0 fully saturated rings. The fraction of sp³-hybridized carbons (Fsp3) is 0.133. The monoisotopic (exact) mass is 320 g/mol. The van der Waals surface area contributed by atoms with Gasteiger partial charge in [0.05, 0.1) is 0 Å². The molecule has 0 atom stereocenters. The Labute approximate surface area is 120 Å². The zero-order valence-corrected chi connectivity index (χ0v) is 12.4. The van der Waals surface area contributed by atoms with Crippen molar-refractivity contribution < 1.29 is 4.79 Å². The van der Waals surface area contributed by atoms with Gasteiger partial charge in [0.1, 0.15) is 6.29 Å². The fourth-order valence-corrected chi connectivity index (χ4v) is 3.37. The number of carbonyl (C=O) groups excluding carboxylic acids is 1. The third-order valence-electron chi connectivity index (χ3n) is 2.74. The lowest BCUT2D eigenvalue weighted by Gasteiger charge is -2.07. The molecule has 0 spiro atoms. The summed E-state index contributed by atoms with van der Waals surface area (Å²) in [5.41, 5.74) is 3.35. The van der Waals surface area contributed by atoms with Crippen molar-refractivity contribution >= 4 is 34.0 Å². The third-order valence-corrected chi connectivity index (χ3v) is 4.78. The van der Waals surface area contributed by atoms with E-state index in [-0.39, 0.29) is 0 Å². The maximum Gasteiger partial charge on any atom is 0.150 e. The summed E-state index contributed by atoms with van der Waals surface area (Å²) in [6.45, 7) is 2.13. The van der Waals surface area contributed by atoms with E-state index in [1.165, 1.54) is 11.1 Å². The lowest BCUT2D eigenvalue weighted by Crippen LogP contribution is -1.87. The minimum atomic E-state index is 0.696. The van der Waals surface area contributed by atoms with Crippen molar-refractivity contribution in [1.82, 2.24) is 0 Å². The smallest absolute Gasteiger partial charge is 0.150 e. The van der Waals surface area contributed by atoms with Crippen LogP contribution in [0.1, 0.15) is 21.5 Å². The van der Waals surface area contributed by atoms with E-state index in [9.17, 15) is 4.79 Å². The molecular formula is C15H13BrOS. The van der Waals surface area contributed by atoms with Crippen LogP contribution in [0, 0.1) is 6.92 Å². The van der Waals surface area contributed by atoms with Crippen molar-refractivity contribution in [3.8, 4) is 0 Å². The van der Waals surface area contributed by atoms with Crippen molar-refractivity contribution in [3.63, 3.8) is 0 Å². The summed E-state index contributed by atoms with van der Waals surface area (Å²) < 4.78 is 0.977. The molecule has 92 valence electrons. The van der Waals surface area contributed by atoms with Crippen LogP contribution < -0.4 is 0 Å². The van der Waals surface area contributed by atoms with Crippen LogP contribution in [0.4, 0.5) is 0 Å². The Morgan fingerprint density at radius 1 is 1.22 bits per heavy atom. The van der Waals surface area contributed by atoms with Crippen LogP contribution in [0.2, 0.25) is 0 Å². The van der Waals surface area contributed by atoms with Crippen LogP contribution in [-0.4, -0.2) is 6.29 Å². The number of carbonyl (C=O) groups is 1. The second-order valence-electron chi connectivity index (χ2n) is 4.02. The van der Waals surface area contributed by atoms with Gasteiger partial charge in [0.15, 0.2) is 0 Å². The van der Waals surface area contributed by atoms with Crippen molar-refractivity contribution in [3.05, 3.63) is 63.6 Å². The van der Waals surface area contributed by atoms with Gasteiger partial charge < -0.3 is 0 Å². The van der Waals surface area contributed by atoms with Crippen LogP contribution in [-0.2, 0) is 5.75 Å². The number of halogens is 1. The molecule has 2 aromatic rings. The SMILES string of the molecule is Cc1ccccc1CSc1ccc(C=O)cc1Br. The maximum atomic E-state index is 10.7. The molecule has 0 unspecified atom stereocenters. The van der Waals surface area contributed by atoms with Gasteiger partial charge in [-0.15, -0.1) is 11.8 Å². The van der Waals surface area contributed by atoms with Crippen molar-refractivity contribution in [2.75, 3.05) is 0 Å².